The molecule has 1 heterocycles. The van der Waals surface area contributed by atoms with Crippen LogP contribution >= 0.6 is 0 Å². The Morgan fingerprint density at radius 2 is 1.75 bits per heavy atom. The van der Waals surface area contributed by atoms with E-state index in [-0.39, 0.29) is 22.9 Å². The Bertz CT molecular complexity index is 1930. The molecule has 6 atom stereocenters. The highest BCUT2D eigenvalue weighted by atomic mass is 32.3. The molecule has 0 saturated carbocycles. The van der Waals surface area contributed by atoms with E-state index in [1.54, 1.807) is 66.7 Å². The number of benzene rings is 3. The number of hydrogen-bond donors (Lipinski definition) is 6. The van der Waals surface area contributed by atoms with Gasteiger partial charge in [-0.05, 0) is 59.9 Å². The molecule has 0 radical (unpaired) electrons. The average molecular weight is 808 g/mol. The monoisotopic (exact) mass is 807 g/mol. The average Bonchev–Trinajstić information content (AvgIpc) is 3.21. The van der Waals surface area contributed by atoms with Crippen LogP contribution in [-0.2, 0) is 40.5 Å². The van der Waals surface area contributed by atoms with Crippen molar-refractivity contribution in [2.24, 2.45) is 5.41 Å². The highest BCUT2D eigenvalue weighted by Gasteiger charge is 2.49. The Hall–Kier alpha value is -3.65. The third-order valence-corrected chi connectivity index (χ3v) is 12.4. The normalized spacial score (nSPS) is 21.1. The molecule has 304 valence electrons. The molecule has 0 spiro atoms. The zero-order valence-electron chi connectivity index (χ0n) is 31.5. The van der Waals surface area contributed by atoms with Crippen LogP contribution < -0.4 is 15.5 Å². The van der Waals surface area contributed by atoms with Crippen molar-refractivity contribution in [3.05, 3.63) is 89.5 Å². The van der Waals surface area contributed by atoms with E-state index in [4.69, 9.17) is 14.0 Å². The van der Waals surface area contributed by atoms with Crippen molar-refractivity contribution in [2.45, 2.75) is 81.5 Å². The number of amides is 2. The van der Waals surface area contributed by atoms with E-state index in [0.717, 1.165) is 24.1 Å². The molecule has 0 bridgehead atoms. The maximum atomic E-state index is 14.0. The Morgan fingerprint density at radius 1 is 1.02 bits per heavy atom. The molecular weight excluding hydrogens is 755 g/mol. The molecular formula is C38H53N3O12S2. The summed E-state index contributed by atoms with van der Waals surface area (Å²) >= 11 is 0. The van der Waals surface area contributed by atoms with E-state index in [0.29, 0.717) is 24.0 Å². The van der Waals surface area contributed by atoms with Crippen LogP contribution in [0.15, 0.2) is 77.7 Å². The standard InChI is InChI=1S/C38H53N3O12S2/c1-5-7-18-38(6-2)25-54(46,47)32-17-16-29(41(3)4)22-30(32)33(35(38)44)27-14-11-15-28(21-27)39-37(45)40-36(51-19-20-53-55(48,49)50)34(43)31(23-42)52-24-26-12-9-8-10-13-26/h8-17,21-22,31,33-36,42-44H,5-7,18-20,23-25H2,1-4H3,(H2,39,40,45)(H,48,49,50)/t31-,33+,34+,35+,36+,38+/m0/s1. The number of carbonyl (C=O) groups is 1. The molecule has 3 aromatic rings. The number of sulfone groups is 1. The molecule has 2 amide bonds. The summed E-state index contributed by atoms with van der Waals surface area (Å²) in [5, 5.41) is 38.7. The quantitative estimate of drug-likeness (QED) is 0.0577. The molecule has 0 fully saturated rings. The van der Waals surface area contributed by atoms with Gasteiger partial charge >= 0.3 is 16.4 Å². The van der Waals surface area contributed by atoms with Crippen LogP contribution in [0.4, 0.5) is 16.2 Å². The number of unbranched alkanes of at least 4 members (excludes halogenated alkanes) is 1. The van der Waals surface area contributed by atoms with Gasteiger partial charge in [0.15, 0.2) is 16.1 Å². The second-order valence-corrected chi connectivity index (χ2v) is 16.9. The SMILES string of the molecule is CCCC[C@]1(CC)CS(=O)(=O)c2ccc(N(C)C)cc2[C@@H](c2cccc(NC(=O)N[C@H](OCCOS(=O)(=O)O)[C@H](O)[C@H](CO)OCc3ccccc3)c2)[C@H]1O. The van der Waals surface area contributed by atoms with E-state index in [2.05, 4.69) is 14.8 Å². The van der Waals surface area contributed by atoms with Gasteiger partial charge in [0.25, 0.3) is 0 Å². The molecule has 0 unspecified atom stereocenters. The molecule has 6 N–H and O–H groups in total. The maximum absolute atomic E-state index is 14.0. The lowest BCUT2D eigenvalue weighted by Crippen LogP contribution is -2.53. The predicted molar refractivity (Wildman–Crippen MR) is 207 cm³/mol. The van der Waals surface area contributed by atoms with Crippen molar-refractivity contribution in [3.63, 3.8) is 0 Å². The predicted octanol–water partition coefficient (Wildman–Crippen LogP) is 3.84. The van der Waals surface area contributed by atoms with Crippen molar-refractivity contribution in [1.29, 1.82) is 0 Å². The number of anilines is 2. The lowest BCUT2D eigenvalue weighted by molar-refractivity contribution is -0.136. The molecule has 3 aromatic carbocycles. The summed E-state index contributed by atoms with van der Waals surface area (Å²) in [5.41, 5.74) is 1.80. The summed E-state index contributed by atoms with van der Waals surface area (Å²) in [6.07, 6.45) is -3.16. The molecule has 0 aromatic heterocycles. The van der Waals surface area contributed by atoms with Crippen LogP contribution in [0.2, 0.25) is 0 Å². The van der Waals surface area contributed by atoms with E-state index in [1.165, 1.54) is 0 Å². The summed E-state index contributed by atoms with van der Waals surface area (Å²) < 4.78 is 74.6. The summed E-state index contributed by atoms with van der Waals surface area (Å²) in [6.45, 7) is 2.07. The van der Waals surface area contributed by atoms with Gasteiger partial charge in [-0.3, -0.25) is 4.55 Å². The van der Waals surface area contributed by atoms with Crippen molar-refractivity contribution in [3.8, 4) is 0 Å². The minimum absolute atomic E-state index is 0.00590. The van der Waals surface area contributed by atoms with Gasteiger partial charge in [0.2, 0.25) is 0 Å². The maximum Gasteiger partial charge on any atom is 0.397 e. The fourth-order valence-corrected chi connectivity index (χ4v) is 9.41. The largest absolute Gasteiger partial charge is 0.397 e. The topological polar surface area (TPSA) is 221 Å². The number of nitrogens with zero attached hydrogens (tertiary/aromatic N) is 1. The number of hydrogen-bond acceptors (Lipinski definition) is 12. The molecule has 0 saturated heterocycles. The van der Waals surface area contributed by atoms with Gasteiger partial charge in [0.05, 0.1) is 43.2 Å². The molecule has 1 aliphatic heterocycles. The van der Waals surface area contributed by atoms with E-state index in [9.17, 15) is 36.9 Å². The summed E-state index contributed by atoms with van der Waals surface area (Å²) in [6, 6.07) is 19.9. The highest BCUT2D eigenvalue weighted by Crippen LogP contribution is 2.49. The minimum atomic E-state index is -4.79. The first-order valence-corrected chi connectivity index (χ1v) is 21.1. The first kappa shape index (κ1) is 44.1. The number of nitrogens with one attached hydrogen (secondary N) is 2. The lowest BCUT2D eigenvalue weighted by Gasteiger charge is -2.39. The van der Waals surface area contributed by atoms with Crippen molar-refractivity contribution in [1.82, 2.24) is 5.32 Å². The van der Waals surface area contributed by atoms with Gasteiger partial charge in [0, 0.05) is 36.8 Å². The van der Waals surface area contributed by atoms with Gasteiger partial charge in [-0.15, -0.1) is 0 Å². The number of rotatable bonds is 19. The molecule has 0 aliphatic carbocycles. The lowest BCUT2D eigenvalue weighted by atomic mass is 9.69. The number of carbonyl (C=O) groups excluding carboxylic acids is 1. The minimum Gasteiger partial charge on any atom is -0.394 e. The van der Waals surface area contributed by atoms with Crippen molar-refractivity contribution in [2.75, 3.05) is 49.9 Å². The number of aliphatic hydroxyl groups excluding tert-OH is 3. The fraction of sp³-hybridized carbons (Fsp3) is 0.500. The number of fused-ring (bicyclic) bond motifs is 1. The first-order chi connectivity index (χ1) is 26.0. The van der Waals surface area contributed by atoms with Crippen LogP contribution in [0.1, 0.15) is 62.1 Å². The van der Waals surface area contributed by atoms with Gasteiger partial charge in [-0.2, -0.15) is 8.42 Å². The summed E-state index contributed by atoms with van der Waals surface area (Å²) in [5.74, 6) is -1.01. The Morgan fingerprint density at radius 3 is 2.38 bits per heavy atom. The second-order valence-electron chi connectivity index (χ2n) is 13.9. The smallest absolute Gasteiger partial charge is 0.394 e. The Kier molecular flexibility index (Phi) is 15.6. The zero-order chi connectivity index (χ0) is 40.4. The highest BCUT2D eigenvalue weighted by molar-refractivity contribution is 7.91. The summed E-state index contributed by atoms with van der Waals surface area (Å²) in [7, 11) is -4.94. The molecule has 1 aliphatic rings. The van der Waals surface area contributed by atoms with Gasteiger partial charge in [-0.25, -0.2) is 17.4 Å². The van der Waals surface area contributed by atoms with Crippen LogP contribution in [0.25, 0.3) is 0 Å². The Balaban J connectivity index is 1.64. The van der Waals surface area contributed by atoms with Crippen LogP contribution in [0.3, 0.4) is 0 Å². The number of aliphatic hydroxyl groups is 3. The summed E-state index contributed by atoms with van der Waals surface area (Å²) in [4.78, 5) is 15.5. The van der Waals surface area contributed by atoms with Gasteiger partial charge in [0.1, 0.15) is 12.2 Å². The fourth-order valence-electron chi connectivity index (χ4n) is 6.88. The Labute approximate surface area is 323 Å². The third-order valence-electron chi connectivity index (χ3n) is 9.90. The molecule has 4 rings (SSSR count). The molecule has 55 heavy (non-hydrogen) atoms. The van der Waals surface area contributed by atoms with Gasteiger partial charge in [-0.1, -0.05) is 69.2 Å². The number of ether oxygens (including phenoxy) is 2. The third kappa shape index (κ3) is 11.7. The van der Waals surface area contributed by atoms with E-state index < -0.39 is 82.0 Å². The van der Waals surface area contributed by atoms with E-state index in [1.807, 2.05) is 38.9 Å². The van der Waals surface area contributed by atoms with Crippen molar-refractivity contribution >= 4 is 37.6 Å². The number of urea groups is 1. The first-order valence-electron chi connectivity index (χ1n) is 18.1. The molecule has 15 nitrogen and oxygen atoms in total. The molecule has 17 heteroatoms. The van der Waals surface area contributed by atoms with Gasteiger partial charge < -0.3 is 40.3 Å². The van der Waals surface area contributed by atoms with Crippen LogP contribution in [0.5, 0.6) is 0 Å². The van der Waals surface area contributed by atoms with Crippen LogP contribution in [-0.4, -0.2) is 107 Å². The zero-order valence-corrected chi connectivity index (χ0v) is 33.1. The van der Waals surface area contributed by atoms with Crippen LogP contribution in [0, 0.1) is 5.41 Å². The van der Waals surface area contributed by atoms with Crippen molar-refractivity contribution < 1.29 is 55.2 Å². The second kappa shape index (κ2) is 19.5. The van der Waals surface area contributed by atoms with E-state index >= 15 is 0 Å².